The Labute approximate surface area is 157 Å². The number of amides is 1. The van der Waals surface area contributed by atoms with Crippen molar-refractivity contribution in [3.05, 3.63) is 53.6 Å². The third-order valence-corrected chi connectivity index (χ3v) is 3.81. The Morgan fingerprint density at radius 2 is 1.67 bits per heavy atom. The van der Waals surface area contributed by atoms with Crippen LogP contribution in [0.25, 0.3) is 0 Å². The first kappa shape index (κ1) is 20.1. The van der Waals surface area contributed by atoms with Gasteiger partial charge in [0.1, 0.15) is 6.61 Å². The molecule has 2 N–H and O–H groups in total. The lowest BCUT2D eigenvalue weighted by molar-refractivity contribution is -0.137. The van der Waals surface area contributed by atoms with E-state index in [1.54, 1.807) is 6.92 Å². The average Bonchev–Trinajstić information content (AvgIpc) is 2.65. The molecule has 0 heterocycles. The molecule has 2 aromatic rings. The molecule has 7 heteroatoms. The molecule has 0 aliphatic rings. The Morgan fingerprint density at radius 3 is 2.19 bits per heavy atom. The predicted octanol–water partition coefficient (Wildman–Crippen LogP) is 2.88. The first-order valence-corrected chi connectivity index (χ1v) is 8.40. The summed E-state index contributed by atoms with van der Waals surface area (Å²) in [5.74, 6) is -0.320. The van der Waals surface area contributed by atoms with Crippen molar-refractivity contribution in [3.8, 4) is 17.2 Å². The normalized spacial score (nSPS) is 11.4. The highest BCUT2D eigenvalue weighted by Gasteiger charge is 2.19. The van der Waals surface area contributed by atoms with Crippen LogP contribution in [0.15, 0.2) is 42.5 Å². The Kier molecular flexibility index (Phi) is 7.05. The van der Waals surface area contributed by atoms with Crippen LogP contribution in [-0.4, -0.2) is 37.2 Å². The fraction of sp³-hybridized carbons (Fsp3) is 0.300. The van der Waals surface area contributed by atoms with Gasteiger partial charge in [0.25, 0.3) is 5.91 Å². The van der Waals surface area contributed by atoms with Crippen molar-refractivity contribution < 1.29 is 28.9 Å². The number of benzene rings is 2. The first-order valence-electron chi connectivity index (χ1n) is 8.40. The first-order chi connectivity index (χ1) is 12.9. The van der Waals surface area contributed by atoms with Crippen LogP contribution in [-0.2, 0) is 11.4 Å². The van der Waals surface area contributed by atoms with E-state index >= 15 is 0 Å². The summed E-state index contributed by atoms with van der Waals surface area (Å²) in [4.78, 5) is 23.2. The average molecular weight is 373 g/mol. The highest BCUT2D eigenvalue weighted by Crippen LogP contribution is 2.39. The third-order valence-electron chi connectivity index (χ3n) is 3.81. The Bertz CT molecular complexity index is 765. The van der Waals surface area contributed by atoms with Crippen molar-refractivity contribution in [3.63, 3.8) is 0 Å². The summed E-state index contributed by atoms with van der Waals surface area (Å²) in [6.45, 7) is 1.94. The molecule has 0 bridgehead atoms. The third kappa shape index (κ3) is 5.64. The molecule has 0 saturated carbocycles. The molecule has 27 heavy (non-hydrogen) atoms. The molecule has 0 spiro atoms. The summed E-state index contributed by atoms with van der Waals surface area (Å²) in [6.07, 6.45) is -0.168. The van der Waals surface area contributed by atoms with E-state index in [0.717, 1.165) is 5.56 Å². The molecule has 0 aliphatic carbocycles. The zero-order chi connectivity index (χ0) is 19.8. The number of rotatable bonds is 9. The summed E-state index contributed by atoms with van der Waals surface area (Å²) in [6, 6.07) is 12.2. The SMILES string of the molecule is COc1cc(C(=O)NC(C)CC(=O)O)cc(OC)c1OCc1ccccc1. The number of methoxy groups -OCH3 is 2. The maximum atomic E-state index is 12.4. The number of hydrogen-bond donors (Lipinski definition) is 2. The van der Waals surface area contributed by atoms with E-state index in [9.17, 15) is 9.59 Å². The topological polar surface area (TPSA) is 94.1 Å². The van der Waals surface area contributed by atoms with E-state index in [1.165, 1.54) is 26.4 Å². The molecule has 2 rings (SSSR count). The quantitative estimate of drug-likeness (QED) is 0.702. The minimum Gasteiger partial charge on any atom is -0.493 e. The van der Waals surface area contributed by atoms with Crippen LogP contribution in [0.1, 0.15) is 29.3 Å². The minimum atomic E-state index is -0.984. The number of carbonyl (C=O) groups is 2. The molecule has 0 radical (unpaired) electrons. The number of carbonyl (C=O) groups excluding carboxylic acids is 1. The van der Waals surface area contributed by atoms with E-state index in [1.807, 2.05) is 30.3 Å². The monoisotopic (exact) mass is 373 g/mol. The minimum absolute atomic E-state index is 0.168. The number of nitrogens with one attached hydrogen (secondary N) is 1. The van der Waals surface area contributed by atoms with Crippen molar-refractivity contribution >= 4 is 11.9 Å². The van der Waals surface area contributed by atoms with Crippen LogP contribution in [0.4, 0.5) is 0 Å². The smallest absolute Gasteiger partial charge is 0.305 e. The van der Waals surface area contributed by atoms with Gasteiger partial charge in [-0.1, -0.05) is 30.3 Å². The lowest BCUT2D eigenvalue weighted by Gasteiger charge is -2.17. The van der Waals surface area contributed by atoms with Crippen molar-refractivity contribution in [1.82, 2.24) is 5.32 Å². The summed E-state index contributed by atoms with van der Waals surface area (Å²) >= 11 is 0. The molecular weight excluding hydrogens is 350 g/mol. The molecule has 1 atom stereocenters. The molecular formula is C20H23NO6. The molecule has 0 aliphatic heterocycles. The van der Waals surface area contributed by atoms with Gasteiger partial charge in [0.05, 0.1) is 20.6 Å². The fourth-order valence-electron chi connectivity index (χ4n) is 2.50. The zero-order valence-corrected chi connectivity index (χ0v) is 15.5. The molecule has 7 nitrogen and oxygen atoms in total. The van der Waals surface area contributed by atoms with Crippen LogP contribution in [0.5, 0.6) is 17.2 Å². The van der Waals surface area contributed by atoms with Gasteiger partial charge in [-0.3, -0.25) is 9.59 Å². The number of carboxylic acids is 1. The largest absolute Gasteiger partial charge is 0.493 e. The fourth-order valence-corrected chi connectivity index (χ4v) is 2.50. The van der Waals surface area contributed by atoms with E-state index < -0.39 is 17.9 Å². The summed E-state index contributed by atoms with van der Waals surface area (Å²) in [7, 11) is 2.94. The van der Waals surface area contributed by atoms with Gasteiger partial charge in [0.2, 0.25) is 5.75 Å². The summed E-state index contributed by atoms with van der Waals surface area (Å²) in [5, 5.41) is 11.4. The van der Waals surface area contributed by atoms with Crippen LogP contribution in [0, 0.1) is 0 Å². The summed E-state index contributed by atoms with van der Waals surface area (Å²) in [5.41, 5.74) is 1.26. The van der Waals surface area contributed by atoms with Gasteiger partial charge in [-0.25, -0.2) is 0 Å². The van der Waals surface area contributed by atoms with Crippen molar-refractivity contribution in [1.29, 1.82) is 0 Å². The Morgan fingerprint density at radius 1 is 1.07 bits per heavy atom. The predicted molar refractivity (Wildman–Crippen MR) is 99.5 cm³/mol. The highest BCUT2D eigenvalue weighted by molar-refractivity contribution is 5.96. The van der Waals surface area contributed by atoms with Gasteiger partial charge in [-0.05, 0) is 24.6 Å². The number of hydrogen-bond acceptors (Lipinski definition) is 5. The Balaban J connectivity index is 2.21. The highest BCUT2D eigenvalue weighted by atomic mass is 16.5. The van der Waals surface area contributed by atoms with Crippen LogP contribution in [0.2, 0.25) is 0 Å². The van der Waals surface area contributed by atoms with Gasteiger partial charge < -0.3 is 24.6 Å². The zero-order valence-electron chi connectivity index (χ0n) is 15.5. The maximum Gasteiger partial charge on any atom is 0.305 e. The molecule has 2 aromatic carbocycles. The van der Waals surface area contributed by atoms with E-state index in [2.05, 4.69) is 5.32 Å². The van der Waals surface area contributed by atoms with Crippen molar-refractivity contribution in [2.75, 3.05) is 14.2 Å². The van der Waals surface area contributed by atoms with Crippen LogP contribution >= 0.6 is 0 Å². The Hall–Kier alpha value is -3.22. The van der Waals surface area contributed by atoms with Gasteiger partial charge in [0.15, 0.2) is 11.5 Å². The van der Waals surface area contributed by atoms with Gasteiger partial charge in [0, 0.05) is 11.6 Å². The second kappa shape index (κ2) is 9.47. The van der Waals surface area contributed by atoms with Crippen LogP contribution in [0.3, 0.4) is 0 Å². The molecule has 0 saturated heterocycles. The second-order valence-electron chi connectivity index (χ2n) is 5.96. The van der Waals surface area contributed by atoms with Gasteiger partial charge in [-0.2, -0.15) is 0 Å². The van der Waals surface area contributed by atoms with E-state index in [-0.39, 0.29) is 12.0 Å². The maximum absolute atomic E-state index is 12.4. The van der Waals surface area contributed by atoms with Crippen molar-refractivity contribution in [2.45, 2.75) is 26.0 Å². The molecule has 0 aromatic heterocycles. The van der Waals surface area contributed by atoms with Crippen molar-refractivity contribution in [2.24, 2.45) is 0 Å². The van der Waals surface area contributed by atoms with Gasteiger partial charge in [-0.15, -0.1) is 0 Å². The number of carboxylic acid groups (broad SMARTS) is 1. The molecule has 1 amide bonds. The number of aliphatic carboxylic acids is 1. The summed E-state index contributed by atoms with van der Waals surface area (Å²) < 4.78 is 16.6. The standard InChI is InChI=1S/C20H23NO6/c1-13(9-18(22)23)21-20(24)15-10-16(25-2)19(17(11-15)26-3)27-12-14-7-5-4-6-8-14/h4-8,10-11,13H,9,12H2,1-3H3,(H,21,24)(H,22,23). The lowest BCUT2D eigenvalue weighted by Crippen LogP contribution is -2.34. The lowest BCUT2D eigenvalue weighted by atomic mass is 10.1. The van der Waals surface area contributed by atoms with Gasteiger partial charge >= 0.3 is 5.97 Å². The molecule has 0 fully saturated rings. The van der Waals surface area contributed by atoms with Crippen LogP contribution < -0.4 is 19.5 Å². The second-order valence-corrected chi connectivity index (χ2v) is 5.96. The molecule has 144 valence electrons. The van der Waals surface area contributed by atoms with E-state index in [0.29, 0.717) is 23.9 Å². The molecule has 1 unspecified atom stereocenters. The number of ether oxygens (including phenoxy) is 3. The van der Waals surface area contributed by atoms with E-state index in [4.69, 9.17) is 19.3 Å².